The lowest BCUT2D eigenvalue weighted by Crippen LogP contribution is -2.28. The van der Waals surface area contributed by atoms with Gasteiger partial charge in [0.1, 0.15) is 11.5 Å². The molecular formula is C53H88O6. The van der Waals surface area contributed by atoms with Gasteiger partial charge >= 0.3 is 11.9 Å². The first-order valence-electron chi connectivity index (χ1n) is 24.5. The number of unbranched alkanes of at least 4 members (excludes halogenated alkanes) is 20. The number of rotatable bonds is 38. The van der Waals surface area contributed by atoms with Gasteiger partial charge < -0.3 is 19.7 Å². The summed E-state index contributed by atoms with van der Waals surface area (Å²) in [7, 11) is 0. The minimum absolute atomic E-state index is 0.202. The summed E-state index contributed by atoms with van der Waals surface area (Å²) in [4.78, 5) is 25.4. The van der Waals surface area contributed by atoms with E-state index in [4.69, 9.17) is 9.47 Å². The van der Waals surface area contributed by atoms with E-state index in [2.05, 4.69) is 26.0 Å². The summed E-state index contributed by atoms with van der Waals surface area (Å²) in [5.74, 6) is 0.998. The highest BCUT2D eigenvalue weighted by Crippen LogP contribution is 2.32. The molecule has 2 rings (SSSR count). The first-order valence-corrected chi connectivity index (χ1v) is 24.5. The van der Waals surface area contributed by atoms with E-state index in [0.717, 1.165) is 51.4 Å². The van der Waals surface area contributed by atoms with Crippen molar-refractivity contribution in [3.05, 3.63) is 59.7 Å². The topological polar surface area (TPSA) is 93.1 Å². The van der Waals surface area contributed by atoms with Crippen molar-refractivity contribution in [1.82, 2.24) is 0 Å². The molecule has 2 aromatic rings. The van der Waals surface area contributed by atoms with Crippen LogP contribution in [0.15, 0.2) is 48.5 Å². The molecule has 0 spiro atoms. The number of benzene rings is 2. The molecule has 2 aromatic carbocycles. The highest BCUT2D eigenvalue weighted by Gasteiger charge is 2.23. The number of ether oxygens (including phenoxy) is 2. The monoisotopic (exact) mass is 821 g/mol. The van der Waals surface area contributed by atoms with Crippen LogP contribution in [0.5, 0.6) is 11.5 Å². The Hall–Kier alpha value is -3.02. The Morgan fingerprint density at radius 1 is 0.475 bits per heavy atom. The molecule has 2 N–H and O–H groups in total. The zero-order valence-corrected chi connectivity index (χ0v) is 38.4. The van der Waals surface area contributed by atoms with Gasteiger partial charge in [0.05, 0.1) is 13.2 Å². The molecule has 2 atom stereocenters. The normalized spacial score (nSPS) is 12.7. The highest BCUT2D eigenvalue weighted by atomic mass is 16.5. The van der Waals surface area contributed by atoms with Crippen LogP contribution in [0.2, 0.25) is 0 Å². The number of esters is 2. The first-order chi connectivity index (χ1) is 28.6. The predicted octanol–water partition coefficient (Wildman–Crippen LogP) is 15.8. The molecule has 59 heavy (non-hydrogen) atoms. The van der Waals surface area contributed by atoms with Crippen LogP contribution in [0, 0.1) is 5.41 Å². The molecule has 0 radical (unpaired) electrons. The van der Waals surface area contributed by atoms with Crippen LogP contribution in [0.25, 0.3) is 0 Å². The molecule has 336 valence electrons. The van der Waals surface area contributed by atoms with Crippen molar-refractivity contribution in [2.24, 2.45) is 5.41 Å². The lowest BCUT2D eigenvalue weighted by atomic mass is 9.88. The predicted molar refractivity (Wildman–Crippen MR) is 247 cm³/mol. The molecule has 0 aliphatic carbocycles. The minimum Gasteiger partial charge on any atom is -0.508 e. The molecule has 0 aromatic heterocycles. The number of hydrogen-bond acceptors (Lipinski definition) is 6. The molecule has 0 amide bonds. The van der Waals surface area contributed by atoms with Gasteiger partial charge in [-0.1, -0.05) is 193 Å². The quantitative estimate of drug-likeness (QED) is 0.0518. The van der Waals surface area contributed by atoms with E-state index in [9.17, 15) is 19.8 Å². The Balaban J connectivity index is 1.63. The lowest BCUT2D eigenvalue weighted by Gasteiger charge is -2.24. The summed E-state index contributed by atoms with van der Waals surface area (Å²) in [6.07, 6.45) is 34.8. The highest BCUT2D eigenvalue weighted by molar-refractivity contribution is 5.69. The third-order valence-corrected chi connectivity index (χ3v) is 12.1. The lowest BCUT2D eigenvalue weighted by molar-refractivity contribution is -0.152. The standard InChI is InChI=1S/C53H88O6/c1-5-7-9-11-13-15-17-19-21-23-31-45(47-35-29-37-49(54)41-47)33-25-27-39-51(56)58-43-53(3,4)44-59-52(57)40-28-26-34-46(48-36-30-38-50(55)42-48)32-24-22-20-18-16-14-12-10-8-6-2/h29-30,35-38,41-42,45-46,54-55H,5-28,31-34,39-40,43-44H2,1-4H3. The zero-order chi connectivity index (χ0) is 42.8. The Labute approximate surface area is 362 Å². The van der Waals surface area contributed by atoms with Crippen molar-refractivity contribution in [1.29, 1.82) is 0 Å². The van der Waals surface area contributed by atoms with Crippen LogP contribution < -0.4 is 0 Å². The smallest absolute Gasteiger partial charge is 0.305 e. The fraction of sp³-hybridized carbons (Fsp3) is 0.736. The van der Waals surface area contributed by atoms with Crippen molar-refractivity contribution in [3.63, 3.8) is 0 Å². The second-order valence-electron chi connectivity index (χ2n) is 18.5. The van der Waals surface area contributed by atoms with E-state index < -0.39 is 5.41 Å². The second kappa shape index (κ2) is 33.7. The summed E-state index contributed by atoms with van der Waals surface area (Å²) < 4.78 is 11.3. The van der Waals surface area contributed by atoms with E-state index in [1.807, 2.05) is 38.1 Å². The van der Waals surface area contributed by atoms with Gasteiger partial charge in [-0.15, -0.1) is 0 Å². The summed E-state index contributed by atoms with van der Waals surface area (Å²) in [5.41, 5.74) is 1.92. The number of hydrogen-bond donors (Lipinski definition) is 2. The summed E-state index contributed by atoms with van der Waals surface area (Å²) in [6, 6.07) is 15.4. The molecule has 0 aliphatic heterocycles. The average Bonchev–Trinajstić information content (AvgIpc) is 3.22. The van der Waals surface area contributed by atoms with E-state index >= 15 is 0 Å². The van der Waals surface area contributed by atoms with Gasteiger partial charge in [0.2, 0.25) is 0 Å². The largest absolute Gasteiger partial charge is 0.508 e. The Morgan fingerprint density at radius 3 is 1.10 bits per heavy atom. The zero-order valence-electron chi connectivity index (χ0n) is 38.4. The van der Waals surface area contributed by atoms with Crippen molar-refractivity contribution in [2.45, 2.75) is 232 Å². The molecule has 6 nitrogen and oxygen atoms in total. The van der Waals surface area contributed by atoms with Crippen LogP contribution in [0.1, 0.15) is 243 Å². The molecule has 0 saturated heterocycles. The van der Waals surface area contributed by atoms with Gasteiger partial charge in [0.15, 0.2) is 0 Å². The molecule has 6 heteroatoms. The molecule has 0 bridgehead atoms. The fourth-order valence-electron chi connectivity index (χ4n) is 8.33. The number of carbonyl (C=O) groups excluding carboxylic acids is 2. The van der Waals surface area contributed by atoms with Crippen LogP contribution in [0.4, 0.5) is 0 Å². The van der Waals surface area contributed by atoms with Crippen LogP contribution in [0.3, 0.4) is 0 Å². The summed E-state index contributed by atoms with van der Waals surface area (Å²) >= 11 is 0. The number of phenolic OH excluding ortho intramolecular Hbond substituents is 2. The number of carbonyl (C=O) groups is 2. The van der Waals surface area contributed by atoms with Gasteiger partial charge in [0, 0.05) is 18.3 Å². The molecule has 0 saturated carbocycles. The van der Waals surface area contributed by atoms with Crippen LogP contribution >= 0.6 is 0 Å². The molecule has 0 heterocycles. The maximum absolute atomic E-state index is 12.7. The Morgan fingerprint density at radius 2 is 0.780 bits per heavy atom. The van der Waals surface area contributed by atoms with E-state index in [-0.39, 0.29) is 25.2 Å². The summed E-state index contributed by atoms with van der Waals surface area (Å²) in [5, 5.41) is 20.3. The molecule has 0 fully saturated rings. The maximum atomic E-state index is 12.7. The van der Waals surface area contributed by atoms with E-state index in [0.29, 0.717) is 36.2 Å². The fourth-order valence-corrected chi connectivity index (χ4v) is 8.33. The van der Waals surface area contributed by atoms with Gasteiger partial charge in [-0.3, -0.25) is 9.59 Å². The maximum Gasteiger partial charge on any atom is 0.305 e. The van der Waals surface area contributed by atoms with Gasteiger partial charge in [-0.2, -0.15) is 0 Å². The van der Waals surface area contributed by atoms with Crippen molar-refractivity contribution in [3.8, 4) is 11.5 Å². The first kappa shape index (κ1) is 52.1. The Bertz CT molecular complexity index is 1240. The third kappa shape index (κ3) is 27.4. The average molecular weight is 821 g/mol. The summed E-state index contributed by atoms with van der Waals surface area (Å²) in [6.45, 7) is 8.90. The van der Waals surface area contributed by atoms with Crippen molar-refractivity contribution in [2.75, 3.05) is 13.2 Å². The second-order valence-corrected chi connectivity index (χ2v) is 18.5. The number of aromatic hydroxyl groups is 2. The van der Waals surface area contributed by atoms with Gasteiger partial charge in [0.25, 0.3) is 0 Å². The van der Waals surface area contributed by atoms with Crippen LogP contribution in [-0.4, -0.2) is 35.4 Å². The Kier molecular flexibility index (Phi) is 29.7. The molecule has 2 unspecified atom stereocenters. The van der Waals surface area contributed by atoms with Crippen LogP contribution in [-0.2, 0) is 19.1 Å². The number of phenols is 2. The van der Waals surface area contributed by atoms with Gasteiger partial charge in [-0.25, -0.2) is 0 Å². The van der Waals surface area contributed by atoms with E-state index in [1.54, 1.807) is 12.1 Å². The van der Waals surface area contributed by atoms with Crippen molar-refractivity contribution >= 4 is 11.9 Å². The SMILES string of the molecule is CCCCCCCCCCCCC(CCCCC(=O)OCC(C)(C)COC(=O)CCCCC(CCCCCCCCCCCC)c1cccc(O)c1)c1cccc(O)c1. The minimum atomic E-state index is -0.462. The molecular weight excluding hydrogens is 733 g/mol. The van der Waals surface area contributed by atoms with Gasteiger partial charge in [-0.05, 0) is 85.8 Å². The molecule has 0 aliphatic rings. The third-order valence-electron chi connectivity index (χ3n) is 12.1. The van der Waals surface area contributed by atoms with Crippen molar-refractivity contribution < 1.29 is 29.3 Å². The van der Waals surface area contributed by atoms with E-state index in [1.165, 1.54) is 140 Å².